The number of benzene rings is 2. The van der Waals surface area contributed by atoms with E-state index in [9.17, 15) is 0 Å². The van der Waals surface area contributed by atoms with Crippen LogP contribution >= 0.6 is 17.0 Å². The summed E-state index contributed by atoms with van der Waals surface area (Å²) in [5.74, 6) is 0. The number of fused-ring (bicyclic) bond motifs is 1. The topological polar surface area (TPSA) is 38.0 Å². The molecule has 0 heterocycles. The van der Waals surface area contributed by atoms with Crippen LogP contribution in [-0.2, 0) is 0 Å². The van der Waals surface area contributed by atoms with E-state index in [-0.39, 0.29) is 17.0 Å². The largest absolute Gasteiger partial charge is 0.384 e. The van der Waals surface area contributed by atoms with Crippen molar-refractivity contribution in [1.29, 1.82) is 0 Å². The van der Waals surface area contributed by atoms with Crippen molar-refractivity contribution in [2.45, 2.75) is 6.42 Å². The number of halogens is 1. The maximum atomic E-state index is 5.47. The van der Waals surface area contributed by atoms with Crippen LogP contribution in [-0.4, -0.2) is 13.1 Å². The molecule has 0 aliphatic carbocycles. The summed E-state index contributed by atoms with van der Waals surface area (Å²) in [6, 6.07) is 14.7. The fraction of sp³-hybridized carbons (Fsp3) is 0.231. The lowest BCUT2D eigenvalue weighted by atomic mass is 10.1. The number of rotatable bonds is 4. The minimum atomic E-state index is 0. The maximum absolute atomic E-state index is 5.47. The lowest BCUT2D eigenvalue weighted by molar-refractivity contribution is 0.875. The Morgan fingerprint density at radius 1 is 1.00 bits per heavy atom. The fourth-order valence-corrected chi connectivity index (χ4v) is 1.70. The third-order valence-corrected chi connectivity index (χ3v) is 2.49. The Morgan fingerprint density at radius 3 is 2.56 bits per heavy atom. The highest BCUT2D eigenvalue weighted by molar-refractivity contribution is 8.93. The summed E-state index contributed by atoms with van der Waals surface area (Å²) in [4.78, 5) is 0. The van der Waals surface area contributed by atoms with Crippen molar-refractivity contribution in [3.8, 4) is 0 Å². The smallest absolute Gasteiger partial charge is 0.0419 e. The van der Waals surface area contributed by atoms with Crippen molar-refractivity contribution >= 4 is 33.4 Å². The number of hydrogen-bond acceptors (Lipinski definition) is 2. The molecule has 3 heteroatoms. The average molecular weight is 281 g/mol. The van der Waals surface area contributed by atoms with Crippen LogP contribution in [0, 0.1) is 0 Å². The predicted molar refractivity (Wildman–Crippen MR) is 76.4 cm³/mol. The second-order valence-electron chi connectivity index (χ2n) is 3.60. The van der Waals surface area contributed by atoms with Crippen LogP contribution in [0.5, 0.6) is 0 Å². The SMILES string of the molecule is Br.NCCCNc1cccc2ccccc12. The summed E-state index contributed by atoms with van der Waals surface area (Å²) in [6.07, 6.45) is 1.00. The molecule has 0 amide bonds. The molecule has 3 N–H and O–H groups in total. The van der Waals surface area contributed by atoms with Gasteiger partial charge in [0.05, 0.1) is 0 Å². The molecule has 2 rings (SSSR count). The van der Waals surface area contributed by atoms with Gasteiger partial charge in [-0.25, -0.2) is 0 Å². The summed E-state index contributed by atoms with van der Waals surface area (Å²) >= 11 is 0. The van der Waals surface area contributed by atoms with Gasteiger partial charge in [-0.05, 0) is 24.4 Å². The van der Waals surface area contributed by atoms with Crippen molar-refractivity contribution in [1.82, 2.24) is 0 Å². The second kappa shape index (κ2) is 6.51. The van der Waals surface area contributed by atoms with Gasteiger partial charge in [-0.2, -0.15) is 0 Å². The quantitative estimate of drug-likeness (QED) is 0.845. The number of anilines is 1. The lowest BCUT2D eigenvalue weighted by Gasteiger charge is -2.08. The van der Waals surface area contributed by atoms with E-state index < -0.39 is 0 Å². The molecule has 2 aromatic rings. The summed E-state index contributed by atoms with van der Waals surface area (Å²) in [7, 11) is 0. The van der Waals surface area contributed by atoms with E-state index in [1.54, 1.807) is 0 Å². The van der Waals surface area contributed by atoms with Gasteiger partial charge in [-0.15, -0.1) is 17.0 Å². The van der Waals surface area contributed by atoms with Crippen LogP contribution in [0.4, 0.5) is 5.69 Å². The first-order valence-corrected chi connectivity index (χ1v) is 5.33. The fourth-order valence-electron chi connectivity index (χ4n) is 1.70. The number of nitrogens with one attached hydrogen (secondary N) is 1. The van der Waals surface area contributed by atoms with Crippen LogP contribution in [0.15, 0.2) is 42.5 Å². The Labute approximate surface area is 107 Å². The van der Waals surface area contributed by atoms with Gasteiger partial charge in [0.1, 0.15) is 0 Å². The molecule has 16 heavy (non-hydrogen) atoms. The molecule has 0 spiro atoms. The lowest BCUT2D eigenvalue weighted by Crippen LogP contribution is -2.08. The molecule has 0 aliphatic heterocycles. The molecule has 0 bridgehead atoms. The van der Waals surface area contributed by atoms with Gasteiger partial charge in [-0.3, -0.25) is 0 Å². The zero-order chi connectivity index (χ0) is 10.5. The van der Waals surface area contributed by atoms with Crippen molar-refractivity contribution < 1.29 is 0 Å². The summed E-state index contributed by atoms with van der Waals surface area (Å²) in [5.41, 5.74) is 6.66. The van der Waals surface area contributed by atoms with E-state index in [0.29, 0.717) is 0 Å². The standard InChI is InChI=1S/C13H16N2.BrH/c14-9-4-10-15-13-8-3-6-11-5-1-2-7-12(11)13;/h1-3,5-8,15H,4,9-10,14H2;1H. The Morgan fingerprint density at radius 2 is 1.75 bits per heavy atom. The van der Waals surface area contributed by atoms with Gasteiger partial charge in [0, 0.05) is 17.6 Å². The van der Waals surface area contributed by atoms with Crippen molar-refractivity contribution in [2.24, 2.45) is 5.73 Å². The molecule has 86 valence electrons. The van der Waals surface area contributed by atoms with Gasteiger partial charge in [0.2, 0.25) is 0 Å². The van der Waals surface area contributed by atoms with E-state index in [2.05, 4.69) is 47.8 Å². The third kappa shape index (κ3) is 2.97. The normalized spacial score (nSPS) is 9.81. The Bertz CT molecular complexity index is 437. The molecular weight excluding hydrogens is 264 g/mol. The maximum Gasteiger partial charge on any atom is 0.0419 e. The van der Waals surface area contributed by atoms with E-state index >= 15 is 0 Å². The summed E-state index contributed by atoms with van der Waals surface area (Å²) in [5, 5.41) is 5.96. The predicted octanol–water partition coefficient (Wildman–Crippen LogP) is 3.18. The second-order valence-corrected chi connectivity index (χ2v) is 3.60. The van der Waals surface area contributed by atoms with Crippen molar-refractivity contribution in [2.75, 3.05) is 18.4 Å². The number of nitrogens with two attached hydrogens (primary N) is 1. The molecule has 0 aliphatic rings. The third-order valence-electron chi connectivity index (χ3n) is 2.49. The summed E-state index contributed by atoms with van der Waals surface area (Å²) < 4.78 is 0. The van der Waals surface area contributed by atoms with Crippen LogP contribution in [0.2, 0.25) is 0 Å². The molecule has 0 unspecified atom stereocenters. The summed E-state index contributed by atoms with van der Waals surface area (Å²) in [6.45, 7) is 1.67. The molecule has 0 atom stereocenters. The number of hydrogen-bond donors (Lipinski definition) is 2. The highest BCUT2D eigenvalue weighted by atomic mass is 79.9. The molecular formula is C13H17BrN2. The first-order valence-electron chi connectivity index (χ1n) is 5.33. The molecule has 2 aromatic carbocycles. The van der Waals surface area contributed by atoms with E-state index in [0.717, 1.165) is 19.5 Å². The van der Waals surface area contributed by atoms with Crippen LogP contribution in [0.25, 0.3) is 10.8 Å². The van der Waals surface area contributed by atoms with Crippen LogP contribution in [0.1, 0.15) is 6.42 Å². The van der Waals surface area contributed by atoms with Gasteiger partial charge in [0.25, 0.3) is 0 Å². The van der Waals surface area contributed by atoms with Crippen LogP contribution in [0.3, 0.4) is 0 Å². The molecule has 0 saturated carbocycles. The molecule has 2 nitrogen and oxygen atoms in total. The van der Waals surface area contributed by atoms with E-state index in [4.69, 9.17) is 5.73 Å². The monoisotopic (exact) mass is 280 g/mol. The molecule has 0 fully saturated rings. The highest BCUT2D eigenvalue weighted by Gasteiger charge is 1.97. The molecule has 0 saturated heterocycles. The highest BCUT2D eigenvalue weighted by Crippen LogP contribution is 2.22. The van der Waals surface area contributed by atoms with Gasteiger partial charge < -0.3 is 11.1 Å². The minimum Gasteiger partial charge on any atom is -0.384 e. The van der Waals surface area contributed by atoms with Gasteiger partial charge in [0.15, 0.2) is 0 Å². The Hall–Kier alpha value is -1.06. The molecule has 0 aromatic heterocycles. The van der Waals surface area contributed by atoms with E-state index in [1.807, 2.05) is 0 Å². The molecule has 0 radical (unpaired) electrons. The Balaban J connectivity index is 0.00000128. The van der Waals surface area contributed by atoms with Crippen LogP contribution < -0.4 is 11.1 Å². The van der Waals surface area contributed by atoms with Gasteiger partial charge in [-0.1, -0.05) is 36.4 Å². The first kappa shape index (κ1) is 13.0. The van der Waals surface area contributed by atoms with Gasteiger partial charge >= 0.3 is 0 Å². The Kier molecular flexibility index (Phi) is 5.29. The van der Waals surface area contributed by atoms with Crippen molar-refractivity contribution in [3.05, 3.63) is 42.5 Å². The zero-order valence-electron chi connectivity index (χ0n) is 9.15. The first-order chi connectivity index (χ1) is 7.42. The average Bonchev–Trinajstić information content (AvgIpc) is 2.30. The van der Waals surface area contributed by atoms with Crippen molar-refractivity contribution in [3.63, 3.8) is 0 Å². The zero-order valence-corrected chi connectivity index (χ0v) is 10.9. The minimum absolute atomic E-state index is 0. The van der Waals surface area contributed by atoms with E-state index in [1.165, 1.54) is 16.5 Å².